The predicted molar refractivity (Wildman–Crippen MR) is 108 cm³/mol. The van der Waals surface area contributed by atoms with E-state index in [-0.39, 0.29) is 24.7 Å². The van der Waals surface area contributed by atoms with Gasteiger partial charge in [0.2, 0.25) is 5.91 Å². The molecule has 0 radical (unpaired) electrons. The number of benzene rings is 1. The first kappa shape index (κ1) is 22.1. The van der Waals surface area contributed by atoms with E-state index < -0.39 is 12.3 Å². The van der Waals surface area contributed by atoms with Gasteiger partial charge < -0.3 is 15.8 Å². The summed E-state index contributed by atoms with van der Waals surface area (Å²) in [6.45, 7) is -0.00951. The maximum absolute atomic E-state index is 12.6. The lowest BCUT2D eigenvalue weighted by Crippen LogP contribution is -2.30. The molecule has 0 saturated heterocycles. The van der Waals surface area contributed by atoms with Crippen molar-refractivity contribution in [2.75, 3.05) is 18.9 Å². The molecule has 10 heteroatoms. The van der Waals surface area contributed by atoms with Crippen molar-refractivity contribution in [3.63, 3.8) is 0 Å². The van der Waals surface area contributed by atoms with E-state index in [1.807, 2.05) is 0 Å². The van der Waals surface area contributed by atoms with Gasteiger partial charge in [0.05, 0.1) is 12.1 Å². The Morgan fingerprint density at radius 1 is 1.23 bits per heavy atom. The van der Waals surface area contributed by atoms with Crippen LogP contribution in [0, 0.1) is 0 Å². The zero-order valence-electron chi connectivity index (χ0n) is 16.3. The summed E-state index contributed by atoms with van der Waals surface area (Å²) in [5.41, 5.74) is 7.12. The molecule has 0 unspecified atom stereocenters. The average Bonchev–Trinajstić information content (AvgIpc) is 2.99. The number of nitrogens with zero attached hydrogens (tertiary/aromatic N) is 1. The quantitative estimate of drug-likeness (QED) is 0.686. The van der Waals surface area contributed by atoms with E-state index in [9.17, 15) is 22.8 Å². The van der Waals surface area contributed by atoms with Gasteiger partial charge in [-0.1, -0.05) is 18.2 Å². The number of hydrogen-bond donors (Lipinski definition) is 2. The van der Waals surface area contributed by atoms with Gasteiger partial charge in [-0.05, 0) is 44.4 Å². The molecular weight excluding hydrogens is 419 g/mol. The standard InChI is InChI=1S/C20H22F3N3O3S/c1-26(10-12-6-2-4-8-14(12)29-20(21,22)23)11-16(27)25-19-17(18(24)28)13-7-3-5-9-15(13)30-19/h2,4,6,8H,3,5,7,9-11H2,1H3,(H2,24,28)(H,25,27). The Bertz CT molecular complexity index is 943. The molecule has 0 fully saturated rings. The molecule has 0 saturated carbocycles. The van der Waals surface area contributed by atoms with Crippen LogP contribution in [0.5, 0.6) is 5.75 Å². The third kappa shape index (κ3) is 5.51. The summed E-state index contributed by atoms with van der Waals surface area (Å²) in [6.07, 6.45) is -1.18. The minimum absolute atomic E-state index is 0.0727. The number of para-hydroxylation sites is 1. The number of carbonyl (C=O) groups excluding carboxylic acids is 2. The van der Waals surface area contributed by atoms with E-state index >= 15 is 0 Å². The number of carbonyl (C=O) groups is 2. The first-order valence-electron chi connectivity index (χ1n) is 9.40. The summed E-state index contributed by atoms with van der Waals surface area (Å²) < 4.78 is 41.8. The molecule has 0 atom stereocenters. The molecule has 1 heterocycles. The van der Waals surface area contributed by atoms with Crippen molar-refractivity contribution in [2.24, 2.45) is 5.73 Å². The second kappa shape index (κ2) is 9.05. The van der Waals surface area contributed by atoms with Gasteiger partial charge in [0.15, 0.2) is 0 Å². The van der Waals surface area contributed by atoms with E-state index in [0.717, 1.165) is 36.1 Å². The molecule has 1 aliphatic carbocycles. The number of anilines is 1. The second-order valence-electron chi connectivity index (χ2n) is 7.16. The molecule has 0 bridgehead atoms. The number of hydrogen-bond acceptors (Lipinski definition) is 5. The number of ether oxygens (including phenoxy) is 1. The molecule has 3 N–H and O–H groups in total. The van der Waals surface area contributed by atoms with E-state index in [4.69, 9.17) is 5.73 Å². The van der Waals surface area contributed by atoms with Crippen LogP contribution in [0.2, 0.25) is 0 Å². The Balaban J connectivity index is 1.67. The first-order chi connectivity index (χ1) is 14.1. The Morgan fingerprint density at radius 3 is 2.63 bits per heavy atom. The maximum atomic E-state index is 12.6. The largest absolute Gasteiger partial charge is 0.573 e. The fourth-order valence-electron chi connectivity index (χ4n) is 3.53. The third-order valence-electron chi connectivity index (χ3n) is 4.72. The second-order valence-corrected chi connectivity index (χ2v) is 8.26. The molecule has 6 nitrogen and oxygen atoms in total. The van der Waals surface area contributed by atoms with E-state index in [2.05, 4.69) is 10.1 Å². The topological polar surface area (TPSA) is 84.7 Å². The first-order valence-corrected chi connectivity index (χ1v) is 10.2. The summed E-state index contributed by atoms with van der Waals surface area (Å²) in [5.74, 6) is -1.26. The minimum atomic E-state index is -4.80. The lowest BCUT2D eigenvalue weighted by atomic mass is 9.95. The van der Waals surface area contributed by atoms with Crippen molar-refractivity contribution in [2.45, 2.75) is 38.6 Å². The number of likely N-dealkylation sites (N-methyl/N-ethyl adjacent to an activating group) is 1. The molecule has 3 rings (SSSR count). The van der Waals surface area contributed by atoms with Crippen LogP contribution in [0.1, 0.15) is 39.2 Å². The van der Waals surface area contributed by atoms with Gasteiger partial charge in [0.1, 0.15) is 10.8 Å². The Hall–Kier alpha value is -2.59. The van der Waals surface area contributed by atoms with Gasteiger partial charge in [0.25, 0.3) is 5.91 Å². The summed E-state index contributed by atoms with van der Waals surface area (Å²) in [7, 11) is 1.61. The van der Waals surface area contributed by atoms with Crippen molar-refractivity contribution < 1.29 is 27.5 Å². The highest BCUT2D eigenvalue weighted by atomic mass is 32.1. The van der Waals surface area contributed by atoms with Crippen molar-refractivity contribution >= 4 is 28.2 Å². The van der Waals surface area contributed by atoms with Crippen LogP contribution < -0.4 is 15.8 Å². The molecule has 1 aliphatic rings. The number of alkyl halides is 3. The molecule has 0 spiro atoms. The fourth-order valence-corrected chi connectivity index (χ4v) is 4.84. The number of halogens is 3. The van der Waals surface area contributed by atoms with Crippen molar-refractivity contribution in [3.05, 3.63) is 45.8 Å². The summed E-state index contributed by atoms with van der Waals surface area (Å²) >= 11 is 1.36. The SMILES string of the molecule is CN(CC(=O)Nc1sc2c(c1C(N)=O)CCCC2)Cc1ccccc1OC(F)(F)F. The van der Waals surface area contributed by atoms with Crippen molar-refractivity contribution in [1.29, 1.82) is 0 Å². The molecular formula is C20H22F3N3O3S. The highest BCUT2D eigenvalue weighted by Gasteiger charge is 2.32. The number of amides is 2. The highest BCUT2D eigenvalue weighted by molar-refractivity contribution is 7.17. The average molecular weight is 441 g/mol. The van der Waals surface area contributed by atoms with Gasteiger partial charge in [-0.25, -0.2) is 0 Å². The minimum Gasteiger partial charge on any atom is -0.405 e. The number of thiophene rings is 1. The molecule has 162 valence electrons. The zero-order chi connectivity index (χ0) is 21.9. The number of aryl methyl sites for hydroxylation is 1. The van der Waals surface area contributed by atoms with Crippen molar-refractivity contribution in [3.8, 4) is 5.75 Å². The smallest absolute Gasteiger partial charge is 0.405 e. The summed E-state index contributed by atoms with van der Waals surface area (Å²) in [5, 5.41) is 3.18. The molecule has 2 amide bonds. The van der Waals surface area contributed by atoms with E-state index in [1.54, 1.807) is 18.0 Å². The molecule has 1 aromatic carbocycles. The Morgan fingerprint density at radius 2 is 1.93 bits per heavy atom. The lowest BCUT2D eigenvalue weighted by molar-refractivity contribution is -0.275. The lowest BCUT2D eigenvalue weighted by Gasteiger charge is -2.19. The van der Waals surface area contributed by atoms with Gasteiger partial charge >= 0.3 is 6.36 Å². The van der Waals surface area contributed by atoms with Crippen LogP contribution in [-0.2, 0) is 24.2 Å². The van der Waals surface area contributed by atoms with E-state index in [0.29, 0.717) is 16.1 Å². The van der Waals surface area contributed by atoms with Gasteiger partial charge in [-0.2, -0.15) is 0 Å². The number of nitrogens with two attached hydrogens (primary N) is 1. The molecule has 0 aliphatic heterocycles. The van der Waals surface area contributed by atoms with Crippen LogP contribution in [0.25, 0.3) is 0 Å². The monoisotopic (exact) mass is 441 g/mol. The fraction of sp³-hybridized carbons (Fsp3) is 0.400. The number of fused-ring (bicyclic) bond motifs is 1. The molecule has 30 heavy (non-hydrogen) atoms. The van der Waals surface area contributed by atoms with Crippen molar-refractivity contribution in [1.82, 2.24) is 4.90 Å². The van der Waals surface area contributed by atoms with Crippen LogP contribution in [0.4, 0.5) is 18.2 Å². The van der Waals surface area contributed by atoms with Crippen LogP contribution in [0.3, 0.4) is 0 Å². The Kier molecular flexibility index (Phi) is 6.67. The van der Waals surface area contributed by atoms with Crippen LogP contribution in [0.15, 0.2) is 24.3 Å². The van der Waals surface area contributed by atoms with Gasteiger partial charge in [0, 0.05) is 17.0 Å². The van der Waals surface area contributed by atoms with Crippen LogP contribution in [-0.4, -0.2) is 36.7 Å². The van der Waals surface area contributed by atoms with E-state index in [1.165, 1.54) is 29.5 Å². The number of rotatable bonds is 7. The molecule has 1 aromatic heterocycles. The number of nitrogens with one attached hydrogen (secondary N) is 1. The Labute approximate surface area is 175 Å². The normalized spacial score (nSPS) is 13.8. The summed E-state index contributed by atoms with van der Waals surface area (Å²) in [6, 6.07) is 5.78. The number of primary amides is 1. The van der Waals surface area contributed by atoms with Gasteiger partial charge in [-0.3, -0.25) is 14.5 Å². The highest BCUT2D eigenvalue weighted by Crippen LogP contribution is 2.37. The third-order valence-corrected chi connectivity index (χ3v) is 5.93. The van der Waals surface area contributed by atoms with Gasteiger partial charge in [-0.15, -0.1) is 24.5 Å². The summed E-state index contributed by atoms with van der Waals surface area (Å²) in [4.78, 5) is 27.0. The predicted octanol–water partition coefficient (Wildman–Crippen LogP) is 3.69. The maximum Gasteiger partial charge on any atom is 0.573 e. The molecule has 2 aromatic rings. The van der Waals surface area contributed by atoms with Crippen LogP contribution >= 0.6 is 11.3 Å². The zero-order valence-corrected chi connectivity index (χ0v) is 17.2.